The standard InChI is InChI=1S/C18H30N2O/c1-4-18(16-6-8-17(21-3)9-7-16)20(5-2)14-15-10-12-19-13-11-15/h6-9,15,18-19H,4-5,10-14H2,1-3H3. The van der Waals surface area contributed by atoms with Gasteiger partial charge in [-0.2, -0.15) is 0 Å². The van der Waals surface area contributed by atoms with Crippen LogP contribution in [0.4, 0.5) is 0 Å². The highest BCUT2D eigenvalue weighted by Crippen LogP contribution is 2.28. The van der Waals surface area contributed by atoms with Crippen LogP contribution in [0.5, 0.6) is 5.75 Å². The van der Waals surface area contributed by atoms with Crippen LogP contribution in [-0.4, -0.2) is 38.2 Å². The Morgan fingerprint density at radius 1 is 1.19 bits per heavy atom. The van der Waals surface area contributed by atoms with Crippen molar-refractivity contribution in [2.75, 3.05) is 33.3 Å². The normalized spacial score (nSPS) is 17.9. The Labute approximate surface area is 129 Å². The van der Waals surface area contributed by atoms with Gasteiger partial charge < -0.3 is 10.1 Å². The Kier molecular flexibility index (Phi) is 6.52. The van der Waals surface area contributed by atoms with E-state index < -0.39 is 0 Å². The van der Waals surface area contributed by atoms with E-state index in [9.17, 15) is 0 Å². The second-order valence-electron chi connectivity index (χ2n) is 5.98. The molecule has 0 saturated carbocycles. The quantitative estimate of drug-likeness (QED) is 0.832. The maximum atomic E-state index is 5.27. The van der Waals surface area contributed by atoms with Crippen molar-refractivity contribution in [3.8, 4) is 5.75 Å². The number of nitrogens with one attached hydrogen (secondary N) is 1. The molecule has 0 radical (unpaired) electrons. The molecule has 0 spiro atoms. The van der Waals surface area contributed by atoms with Crippen LogP contribution in [0.2, 0.25) is 0 Å². The maximum absolute atomic E-state index is 5.27. The predicted octanol–water partition coefficient (Wildman–Crippen LogP) is 3.47. The Morgan fingerprint density at radius 2 is 1.86 bits per heavy atom. The third-order valence-electron chi connectivity index (χ3n) is 4.69. The first kappa shape index (κ1) is 16.3. The molecule has 0 bridgehead atoms. The average Bonchev–Trinajstić information content (AvgIpc) is 2.56. The van der Waals surface area contributed by atoms with Crippen molar-refractivity contribution in [3.05, 3.63) is 29.8 Å². The first-order valence-electron chi connectivity index (χ1n) is 8.37. The van der Waals surface area contributed by atoms with Crippen molar-refractivity contribution in [2.24, 2.45) is 5.92 Å². The van der Waals surface area contributed by atoms with E-state index >= 15 is 0 Å². The number of hydrogen-bond donors (Lipinski definition) is 1. The number of ether oxygens (including phenoxy) is 1. The molecule has 3 heteroatoms. The van der Waals surface area contributed by atoms with Crippen LogP contribution in [0.25, 0.3) is 0 Å². The Hall–Kier alpha value is -1.06. The second-order valence-corrected chi connectivity index (χ2v) is 5.98. The van der Waals surface area contributed by atoms with Crippen LogP contribution in [0.1, 0.15) is 44.7 Å². The zero-order valence-electron chi connectivity index (χ0n) is 13.8. The fourth-order valence-electron chi connectivity index (χ4n) is 3.40. The molecular weight excluding hydrogens is 260 g/mol. The zero-order chi connectivity index (χ0) is 15.1. The van der Waals surface area contributed by atoms with E-state index in [1.54, 1.807) is 7.11 Å². The van der Waals surface area contributed by atoms with Gasteiger partial charge >= 0.3 is 0 Å². The Bertz CT molecular complexity index is 398. The summed E-state index contributed by atoms with van der Waals surface area (Å²) in [6.45, 7) is 9.29. The molecule has 1 aliphatic heterocycles. The highest BCUT2D eigenvalue weighted by molar-refractivity contribution is 5.29. The van der Waals surface area contributed by atoms with Crippen LogP contribution in [0, 0.1) is 5.92 Å². The zero-order valence-corrected chi connectivity index (χ0v) is 13.8. The molecule has 1 aromatic rings. The number of hydrogen-bond acceptors (Lipinski definition) is 3. The molecule has 1 atom stereocenters. The molecule has 1 fully saturated rings. The van der Waals surface area contributed by atoms with Crippen LogP contribution in [0.15, 0.2) is 24.3 Å². The number of methoxy groups -OCH3 is 1. The van der Waals surface area contributed by atoms with Gasteiger partial charge in [-0.15, -0.1) is 0 Å². The average molecular weight is 290 g/mol. The van der Waals surface area contributed by atoms with Gasteiger partial charge in [0.15, 0.2) is 0 Å². The van der Waals surface area contributed by atoms with Gasteiger partial charge in [0, 0.05) is 12.6 Å². The minimum Gasteiger partial charge on any atom is -0.497 e. The second kappa shape index (κ2) is 8.40. The van der Waals surface area contributed by atoms with Gasteiger partial charge in [0.05, 0.1) is 7.11 Å². The largest absolute Gasteiger partial charge is 0.497 e. The summed E-state index contributed by atoms with van der Waals surface area (Å²) >= 11 is 0. The number of benzene rings is 1. The highest BCUT2D eigenvalue weighted by atomic mass is 16.5. The molecule has 2 rings (SSSR count). The highest BCUT2D eigenvalue weighted by Gasteiger charge is 2.22. The molecule has 1 aromatic carbocycles. The van der Waals surface area contributed by atoms with E-state index in [0.717, 1.165) is 24.6 Å². The van der Waals surface area contributed by atoms with E-state index in [4.69, 9.17) is 4.74 Å². The molecule has 0 aliphatic carbocycles. The molecule has 1 heterocycles. The summed E-state index contributed by atoms with van der Waals surface area (Å²) in [5.41, 5.74) is 1.41. The summed E-state index contributed by atoms with van der Waals surface area (Å²) in [6.07, 6.45) is 3.79. The molecule has 21 heavy (non-hydrogen) atoms. The van der Waals surface area contributed by atoms with Gasteiger partial charge in [-0.3, -0.25) is 4.90 Å². The lowest BCUT2D eigenvalue weighted by atomic mass is 9.95. The molecular formula is C18H30N2O. The van der Waals surface area contributed by atoms with Gasteiger partial charge in [-0.25, -0.2) is 0 Å². The number of piperidine rings is 1. The summed E-state index contributed by atoms with van der Waals surface area (Å²) in [4.78, 5) is 2.65. The van der Waals surface area contributed by atoms with E-state index in [1.807, 2.05) is 0 Å². The minimum atomic E-state index is 0.524. The van der Waals surface area contributed by atoms with Crippen molar-refractivity contribution < 1.29 is 4.74 Å². The van der Waals surface area contributed by atoms with E-state index in [0.29, 0.717) is 6.04 Å². The first-order chi connectivity index (χ1) is 10.3. The topological polar surface area (TPSA) is 24.5 Å². The van der Waals surface area contributed by atoms with Crippen molar-refractivity contribution >= 4 is 0 Å². The third kappa shape index (κ3) is 4.45. The lowest BCUT2D eigenvalue weighted by molar-refractivity contribution is 0.155. The van der Waals surface area contributed by atoms with Crippen molar-refractivity contribution in [2.45, 2.75) is 39.2 Å². The van der Waals surface area contributed by atoms with Crippen LogP contribution in [-0.2, 0) is 0 Å². The molecule has 0 amide bonds. The van der Waals surface area contributed by atoms with E-state index in [2.05, 4.69) is 48.3 Å². The van der Waals surface area contributed by atoms with Gasteiger partial charge in [0.2, 0.25) is 0 Å². The predicted molar refractivity (Wildman–Crippen MR) is 88.9 cm³/mol. The number of nitrogens with zero attached hydrogens (tertiary/aromatic N) is 1. The van der Waals surface area contributed by atoms with Gasteiger partial charge in [-0.05, 0) is 62.5 Å². The maximum Gasteiger partial charge on any atom is 0.118 e. The van der Waals surface area contributed by atoms with Crippen LogP contribution >= 0.6 is 0 Å². The molecule has 0 aromatic heterocycles. The summed E-state index contributed by atoms with van der Waals surface area (Å²) in [5, 5.41) is 3.46. The summed E-state index contributed by atoms with van der Waals surface area (Å²) in [7, 11) is 1.72. The smallest absolute Gasteiger partial charge is 0.118 e. The first-order valence-corrected chi connectivity index (χ1v) is 8.37. The molecule has 1 aliphatic rings. The summed E-state index contributed by atoms with van der Waals surface area (Å²) < 4.78 is 5.27. The SMILES string of the molecule is CCC(c1ccc(OC)cc1)N(CC)CC1CCNCC1. The third-order valence-corrected chi connectivity index (χ3v) is 4.69. The van der Waals surface area contributed by atoms with Crippen LogP contribution in [0.3, 0.4) is 0 Å². The summed E-state index contributed by atoms with van der Waals surface area (Å²) in [5.74, 6) is 1.79. The lowest BCUT2D eigenvalue weighted by Gasteiger charge is -2.35. The molecule has 1 N–H and O–H groups in total. The molecule has 1 saturated heterocycles. The Balaban J connectivity index is 2.04. The minimum absolute atomic E-state index is 0.524. The summed E-state index contributed by atoms with van der Waals surface area (Å²) in [6, 6.07) is 9.12. The van der Waals surface area contributed by atoms with Gasteiger partial charge in [-0.1, -0.05) is 26.0 Å². The number of rotatable bonds is 7. The van der Waals surface area contributed by atoms with E-state index in [1.165, 1.54) is 38.0 Å². The van der Waals surface area contributed by atoms with Gasteiger partial charge in [0.1, 0.15) is 5.75 Å². The molecule has 3 nitrogen and oxygen atoms in total. The van der Waals surface area contributed by atoms with Gasteiger partial charge in [0.25, 0.3) is 0 Å². The van der Waals surface area contributed by atoms with E-state index in [-0.39, 0.29) is 0 Å². The lowest BCUT2D eigenvalue weighted by Crippen LogP contribution is -2.38. The van der Waals surface area contributed by atoms with Crippen molar-refractivity contribution in [1.29, 1.82) is 0 Å². The van der Waals surface area contributed by atoms with Crippen molar-refractivity contribution in [1.82, 2.24) is 10.2 Å². The van der Waals surface area contributed by atoms with Crippen LogP contribution < -0.4 is 10.1 Å². The fraction of sp³-hybridized carbons (Fsp3) is 0.667. The van der Waals surface area contributed by atoms with Crippen molar-refractivity contribution in [3.63, 3.8) is 0 Å². The Morgan fingerprint density at radius 3 is 2.38 bits per heavy atom. The molecule has 118 valence electrons. The monoisotopic (exact) mass is 290 g/mol. The fourth-order valence-corrected chi connectivity index (χ4v) is 3.40. The molecule has 1 unspecified atom stereocenters.